The molecular weight excluding hydrogens is 455 g/mol. The van der Waals surface area contributed by atoms with Gasteiger partial charge < -0.3 is 15.2 Å². The van der Waals surface area contributed by atoms with Gasteiger partial charge in [-0.3, -0.25) is 9.59 Å². The van der Waals surface area contributed by atoms with Gasteiger partial charge in [0.25, 0.3) is 0 Å². The molecule has 0 fully saturated rings. The van der Waals surface area contributed by atoms with Crippen molar-refractivity contribution in [2.24, 2.45) is 5.92 Å². The highest BCUT2D eigenvalue weighted by atomic mass is 32.2. The van der Waals surface area contributed by atoms with Crippen molar-refractivity contribution >= 4 is 29.3 Å². The monoisotopic (exact) mass is 477 g/mol. The standard InChI is InChI=1S/C22H22F3N5O2S/c1-13(2)11-30-21(15-5-3-4-6-16(15)23)28-29-22(30)33-12-20(32)26-10-19(31)27-14-7-8-17(24)18(25)9-14/h3-9,13H,10-12H2,1-2H3,(H,26,32)(H,27,31). The highest BCUT2D eigenvalue weighted by Crippen LogP contribution is 2.26. The molecule has 11 heteroatoms. The number of benzene rings is 2. The second kappa shape index (κ2) is 11.0. The van der Waals surface area contributed by atoms with Gasteiger partial charge in [-0.15, -0.1) is 10.2 Å². The predicted octanol–water partition coefficient (Wildman–Crippen LogP) is 3.87. The summed E-state index contributed by atoms with van der Waals surface area (Å²) in [5.41, 5.74) is 0.390. The number of hydrogen-bond acceptors (Lipinski definition) is 5. The Bertz CT molecular complexity index is 1150. The van der Waals surface area contributed by atoms with Crippen LogP contribution >= 0.6 is 11.8 Å². The van der Waals surface area contributed by atoms with E-state index in [-0.39, 0.29) is 23.9 Å². The first-order chi connectivity index (χ1) is 15.7. The molecule has 3 aromatic rings. The third-order valence-electron chi connectivity index (χ3n) is 4.36. The number of halogens is 3. The molecule has 0 atom stereocenters. The number of carbonyl (C=O) groups is 2. The van der Waals surface area contributed by atoms with Gasteiger partial charge >= 0.3 is 0 Å². The molecule has 0 aliphatic heterocycles. The Kier molecular flexibility index (Phi) is 8.10. The van der Waals surface area contributed by atoms with E-state index >= 15 is 0 Å². The molecule has 0 bridgehead atoms. The maximum atomic E-state index is 14.3. The van der Waals surface area contributed by atoms with Crippen LogP contribution in [-0.2, 0) is 16.1 Å². The minimum atomic E-state index is -1.09. The van der Waals surface area contributed by atoms with Crippen LogP contribution in [0.3, 0.4) is 0 Å². The van der Waals surface area contributed by atoms with Crippen molar-refractivity contribution in [3.8, 4) is 11.4 Å². The lowest BCUT2D eigenvalue weighted by Crippen LogP contribution is -2.34. The average molecular weight is 478 g/mol. The van der Waals surface area contributed by atoms with Gasteiger partial charge in [-0.2, -0.15) is 0 Å². The van der Waals surface area contributed by atoms with Crippen LogP contribution in [0, 0.1) is 23.4 Å². The number of thioether (sulfide) groups is 1. The molecule has 0 radical (unpaired) electrons. The predicted molar refractivity (Wildman–Crippen MR) is 119 cm³/mol. The number of rotatable bonds is 9. The molecule has 0 saturated carbocycles. The van der Waals surface area contributed by atoms with E-state index < -0.39 is 29.3 Å². The maximum Gasteiger partial charge on any atom is 0.243 e. The fourth-order valence-electron chi connectivity index (χ4n) is 2.91. The van der Waals surface area contributed by atoms with Crippen molar-refractivity contribution in [1.82, 2.24) is 20.1 Å². The summed E-state index contributed by atoms with van der Waals surface area (Å²) in [6.45, 7) is 4.17. The Hall–Kier alpha value is -3.34. The Morgan fingerprint density at radius 2 is 1.76 bits per heavy atom. The molecule has 174 valence electrons. The summed E-state index contributed by atoms with van der Waals surface area (Å²) in [4.78, 5) is 24.1. The van der Waals surface area contributed by atoms with Gasteiger partial charge in [-0.05, 0) is 30.2 Å². The second-order valence-electron chi connectivity index (χ2n) is 7.53. The molecule has 33 heavy (non-hydrogen) atoms. The summed E-state index contributed by atoms with van der Waals surface area (Å²) in [6.07, 6.45) is 0. The highest BCUT2D eigenvalue weighted by Gasteiger charge is 2.19. The zero-order valence-corrected chi connectivity index (χ0v) is 18.8. The smallest absolute Gasteiger partial charge is 0.243 e. The topological polar surface area (TPSA) is 88.9 Å². The van der Waals surface area contributed by atoms with Crippen LogP contribution < -0.4 is 10.6 Å². The molecule has 0 aliphatic rings. The zero-order chi connectivity index (χ0) is 24.0. The molecule has 0 saturated heterocycles. The third kappa shape index (κ3) is 6.58. The number of aromatic nitrogens is 3. The normalized spacial score (nSPS) is 11.0. The minimum absolute atomic E-state index is 0.0496. The molecule has 2 N–H and O–H groups in total. The van der Waals surface area contributed by atoms with E-state index in [1.807, 2.05) is 13.8 Å². The average Bonchev–Trinajstić information content (AvgIpc) is 3.15. The molecule has 7 nitrogen and oxygen atoms in total. The van der Waals surface area contributed by atoms with Crippen LogP contribution in [0.2, 0.25) is 0 Å². The summed E-state index contributed by atoms with van der Waals surface area (Å²) < 4.78 is 42.2. The SMILES string of the molecule is CC(C)Cn1c(SCC(=O)NCC(=O)Nc2ccc(F)c(F)c2)nnc1-c1ccccc1F. The first kappa shape index (κ1) is 24.3. The van der Waals surface area contributed by atoms with Crippen LogP contribution in [0.15, 0.2) is 47.6 Å². The number of anilines is 1. The van der Waals surface area contributed by atoms with Crippen molar-refractivity contribution in [3.63, 3.8) is 0 Å². The molecular formula is C22H22F3N5O2S. The van der Waals surface area contributed by atoms with Gasteiger partial charge in [0.2, 0.25) is 11.8 Å². The van der Waals surface area contributed by atoms with Gasteiger partial charge in [0, 0.05) is 18.3 Å². The molecule has 1 heterocycles. The summed E-state index contributed by atoms with van der Waals surface area (Å²) in [6, 6.07) is 9.20. The summed E-state index contributed by atoms with van der Waals surface area (Å²) in [5, 5.41) is 13.5. The van der Waals surface area contributed by atoms with E-state index in [0.717, 1.165) is 23.9 Å². The molecule has 0 unspecified atom stereocenters. The maximum absolute atomic E-state index is 14.3. The van der Waals surface area contributed by atoms with Crippen molar-refractivity contribution in [1.29, 1.82) is 0 Å². The van der Waals surface area contributed by atoms with Gasteiger partial charge in [-0.25, -0.2) is 13.2 Å². The van der Waals surface area contributed by atoms with E-state index in [1.54, 1.807) is 22.8 Å². The summed E-state index contributed by atoms with van der Waals surface area (Å²) in [7, 11) is 0. The first-order valence-corrected chi connectivity index (χ1v) is 11.1. The fraction of sp³-hybridized carbons (Fsp3) is 0.273. The van der Waals surface area contributed by atoms with E-state index in [4.69, 9.17) is 0 Å². The van der Waals surface area contributed by atoms with Gasteiger partial charge in [0.15, 0.2) is 22.6 Å². The Labute approximate surface area is 192 Å². The second-order valence-corrected chi connectivity index (χ2v) is 8.48. The zero-order valence-electron chi connectivity index (χ0n) is 17.9. The molecule has 3 rings (SSSR count). The Balaban J connectivity index is 1.58. The largest absolute Gasteiger partial charge is 0.346 e. The fourth-order valence-corrected chi connectivity index (χ4v) is 3.68. The van der Waals surface area contributed by atoms with Crippen molar-refractivity contribution < 1.29 is 22.8 Å². The molecule has 0 aliphatic carbocycles. The van der Waals surface area contributed by atoms with Crippen molar-refractivity contribution in [2.75, 3.05) is 17.6 Å². The molecule has 2 aromatic carbocycles. The Morgan fingerprint density at radius 3 is 2.45 bits per heavy atom. The van der Waals surface area contributed by atoms with Crippen LogP contribution in [0.5, 0.6) is 0 Å². The minimum Gasteiger partial charge on any atom is -0.346 e. The van der Waals surface area contributed by atoms with Crippen LogP contribution in [0.25, 0.3) is 11.4 Å². The van der Waals surface area contributed by atoms with Crippen LogP contribution in [-0.4, -0.2) is 38.9 Å². The number of nitrogens with zero attached hydrogens (tertiary/aromatic N) is 3. The van der Waals surface area contributed by atoms with Crippen LogP contribution in [0.1, 0.15) is 13.8 Å². The van der Waals surface area contributed by atoms with Crippen molar-refractivity contribution in [2.45, 2.75) is 25.5 Å². The van der Waals surface area contributed by atoms with Gasteiger partial charge in [0.05, 0.1) is 17.9 Å². The van der Waals surface area contributed by atoms with Gasteiger partial charge in [-0.1, -0.05) is 37.7 Å². The lowest BCUT2D eigenvalue weighted by molar-refractivity contribution is -0.122. The third-order valence-corrected chi connectivity index (χ3v) is 5.33. The van der Waals surface area contributed by atoms with Crippen molar-refractivity contribution in [3.05, 3.63) is 59.9 Å². The van der Waals surface area contributed by atoms with Crippen LogP contribution in [0.4, 0.5) is 18.9 Å². The first-order valence-electron chi connectivity index (χ1n) is 10.1. The summed E-state index contributed by atoms with van der Waals surface area (Å²) in [5.74, 6) is -3.02. The Morgan fingerprint density at radius 1 is 1.00 bits per heavy atom. The molecule has 0 spiro atoms. The number of hydrogen-bond donors (Lipinski definition) is 2. The van der Waals surface area contributed by atoms with E-state index in [0.29, 0.717) is 23.1 Å². The quantitative estimate of drug-likeness (QED) is 0.457. The lowest BCUT2D eigenvalue weighted by Gasteiger charge is -2.13. The van der Waals surface area contributed by atoms with Gasteiger partial charge in [0.1, 0.15) is 5.82 Å². The van der Waals surface area contributed by atoms with E-state index in [9.17, 15) is 22.8 Å². The number of nitrogens with one attached hydrogen (secondary N) is 2. The molecule has 1 aromatic heterocycles. The highest BCUT2D eigenvalue weighted by molar-refractivity contribution is 7.99. The van der Waals surface area contributed by atoms with E-state index in [2.05, 4.69) is 20.8 Å². The number of amides is 2. The summed E-state index contributed by atoms with van der Waals surface area (Å²) >= 11 is 1.11. The van der Waals surface area contributed by atoms with E-state index in [1.165, 1.54) is 12.1 Å². The molecule has 2 amide bonds. The number of carbonyl (C=O) groups excluding carboxylic acids is 2. The lowest BCUT2D eigenvalue weighted by atomic mass is 10.2.